The van der Waals surface area contributed by atoms with Crippen LogP contribution in [-0.2, 0) is 0 Å². The van der Waals surface area contributed by atoms with E-state index in [1.165, 1.54) is 5.56 Å². The molecule has 0 bridgehead atoms. The number of nitrogens with zero attached hydrogens (tertiary/aromatic N) is 2. The lowest BCUT2D eigenvalue weighted by Gasteiger charge is -2.12. The third kappa shape index (κ3) is 2.77. The van der Waals surface area contributed by atoms with E-state index in [-0.39, 0.29) is 0 Å². The van der Waals surface area contributed by atoms with E-state index >= 15 is 0 Å². The molecule has 0 radical (unpaired) electrons. The summed E-state index contributed by atoms with van der Waals surface area (Å²) in [6.45, 7) is 6.91. The predicted octanol–water partition coefficient (Wildman–Crippen LogP) is 3.27. The molecule has 2 rings (SSSR count). The van der Waals surface area contributed by atoms with Gasteiger partial charge in [0, 0.05) is 24.0 Å². The van der Waals surface area contributed by atoms with Gasteiger partial charge in [-0.2, -0.15) is 4.98 Å². The molecule has 1 aromatic heterocycles. The fourth-order valence-electron chi connectivity index (χ4n) is 1.65. The minimum atomic E-state index is 0.652. The summed E-state index contributed by atoms with van der Waals surface area (Å²) in [5.41, 5.74) is 3.29. The number of nitrogens with one attached hydrogen (secondary N) is 2. The van der Waals surface area contributed by atoms with Crippen LogP contribution in [0.5, 0.6) is 0 Å². The molecule has 0 atom stereocenters. The average Bonchev–Trinajstić information content (AvgIpc) is 2.36. The predicted molar refractivity (Wildman–Crippen MR) is 75.4 cm³/mol. The van der Waals surface area contributed by atoms with E-state index in [2.05, 4.69) is 33.6 Å². The summed E-state index contributed by atoms with van der Waals surface area (Å²) >= 11 is 0. The minimum Gasteiger partial charge on any atom is -0.354 e. The van der Waals surface area contributed by atoms with Crippen molar-refractivity contribution in [2.75, 3.05) is 17.2 Å². The number of rotatable bonds is 4. The standard InChI is InChI=1S/C14H18N4/c1-4-15-14-16-9-11(3)13(18-14)17-12-8-6-5-7-10(12)2/h5-9H,4H2,1-3H3,(H2,15,16,17,18). The van der Waals surface area contributed by atoms with Crippen molar-refractivity contribution in [2.45, 2.75) is 20.8 Å². The molecule has 4 heteroatoms. The van der Waals surface area contributed by atoms with Crippen molar-refractivity contribution >= 4 is 17.5 Å². The first-order valence-electron chi connectivity index (χ1n) is 6.11. The van der Waals surface area contributed by atoms with Crippen molar-refractivity contribution < 1.29 is 0 Å². The Labute approximate surface area is 107 Å². The van der Waals surface area contributed by atoms with Crippen LogP contribution in [-0.4, -0.2) is 16.5 Å². The molecular formula is C14H18N4. The minimum absolute atomic E-state index is 0.652. The summed E-state index contributed by atoms with van der Waals surface area (Å²) in [7, 11) is 0. The van der Waals surface area contributed by atoms with Crippen LogP contribution in [0, 0.1) is 13.8 Å². The van der Waals surface area contributed by atoms with Crippen LogP contribution in [0.25, 0.3) is 0 Å². The molecule has 0 saturated carbocycles. The quantitative estimate of drug-likeness (QED) is 0.864. The maximum atomic E-state index is 4.47. The van der Waals surface area contributed by atoms with E-state index in [9.17, 15) is 0 Å². The second-order valence-corrected chi connectivity index (χ2v) is 4.20. The normalized spacial score (nSPS) is 10.2. The molecule has 18 heavy (non-hydrogen) atoms. The smallest absolute Gasteiger partial charge is 0.224 e. The Kier molecular flexibility index (Phi) is 3.77. The fourth-order valence-corrected chi connectivity index (χ4v) is 1.65. The molecule has 94 valence electrons. The number of aromatic nitrogens is 2. The Hall–Kier alpha value is -2.10. The van der Waals surface area contributed by atoms with Gasteiger partial charge in [0.25, 0.3) is 0 Å². The number of hydrogen-bond acceptors (Lipinski definition) is 4. The molecule has 1 heterocycles. The molecule has 0 aliphatic carbocycles. The van der Waals surface area contributed by atoms with Crippen molar-refractivity contribution in [3.8, 4) is 0 Å². The van der Waals surface area contributed by atoms with E-state index in [1.54, 1.807) is 0 Å². The first-order valence-corrected chi connectivity index (χ1v) is 6.11. The van der Waals surface area contributed by atoms with E-state index < -0.39 is 0 Å². The number of aryl methyl sites for hydroxylation is 2. The molecule has 0 spiro atoms. The van der Waals surface area contributed by atoms with Crippen molar-refractivity contribution in [1.82, 2.24) is 9.97 Å². The third-order valence-corrected chi connectivity index (χ3v) is 2.70. The van der Waals surface area contributed by atoms with Crippen molar-refractivity contribution in [3.05, 3.63) is 41.6 Å². The second-order valence-electron chi connectivity index (χ2n) is 4.20. The van der Waals surface area contributed by atoms with E-state index in [4.69, 9.17) is 0 Å². The summed E-state index contributed by atoms with van der Waals surface area (Å²) in [6.07, 6.45) is 1.82. The Balaban J connectivity index is 2.28. The van der Waals surface area contributed by atoms with Crippen LogP contribution in [0.4, 0.5) is 17.5 Å². The van der Waals surface area contributed by atoms with Gasteiger partial charge in [0.2, 0.25) is 5.95 Å². The van der Waals surface area contributed by atoms with Crippen LogP contribution in [0.3, 0.4) is 0 Å². The maximum absolute atomic E-state index is 4.47. The van der Waals surface area contributed by atoms with E-state index in [1.807, 2.05) is 38.2 Å². The van der Waals surface area contributed by atoms with Gasteiger partial charge in [-0.15, -0.1) is 0 Å². The average molecular weight is 242 g/mol. The molecule has 0 amide bonds. The third-order valence-electron chi connectivity index (χ3n) is 2.70. The van der Waals surface area contributed by atoms with Crippen LogP contribution in [0.15, 0.2) is 30.5 Å². The highest BCUT2D eigenvalue weighted by Crippen LogP contribution is 2.21. The Morgan fingerprint density at radius 3 is 2.61 bits per heavy atom. The van der Waals surface area contributed by atoms with Gasteiger partial charge in [0.05, 0.1) is 0 Å². The van der Waals surface area contributed by atoms with Crippen LogP contribution >= 0.6 is 0 Å². The summed E-state index contributed by atoms with van der Waals surface area (Å²) in [5, 5.41) is 6.46. The van der Waals surface area contributed by atoms with Gasteiger partial charge in [0.1, 0.15) is 5.82 Å². The second kappa shape index (κ2) is 5.49. The molecule has 0 fully saturated rings. The molecular weight excluding hydrogens is 224 g/mol. The maximum Gasteiger partial charge on any atom is 0.224 e. The summed E-state index contributed by atoms with van der Waals surface area (Å²) in [5.74, 6) is 1.49. The van der Waals surface area contributed by atoms with E-state index in [0.717, 1.165) is 23.6 Å². The van der Waals surface area contributed by atoms with Gasteiger partial charge in [0.15, 0.2) is 0 Å². The van der Waals surface area contributed by atoms with Gasteiger partial charge in [-0.25, -0.2) is 4.98 Å². The lowest BCUT2D eigenvalue weighted by molar-refractivity contribution is 1.07. The van der Waals surface area contributed by atoms with Gasteiger partial charge in [-0.1, -0.05) is 18.2 Å². The first kappa shape index (κ1) is 12.4. The molecule has 1 aromatic carbocycles. The van der Waals surface area contributed by atoms with Gasteiger partial charge < -0.3 is 10.6 Å². The van der Waals surface area contributed by atoms with Crippen molar-refractivity contribution in [1.29, 1.82) is 0 Å². The lowest BCUT2D eigenvalue weighted by atomic mass is 10.2. The molecule has 0 aliphatic rings. The van der Waals surface area contributed by atoms with Gasteiger partial charge in [-0.3, -0.25) is 0 Å². The molecule has 0 unspecified atom stereocenters. The molecule has 2 aromatic rings. The zero-order valence-corrected chi connectivity index (χ0v) is 11.0. The number of anilines is 3. The summed E-state index contributed by atoms with van der Waals surface area (Å²) in [4.78, 5) is 8.70. The highest BCUT2D eigenvalue weighted by atomic mass is 15.1. The molecule has 0 aliphatic heterocycles. The fraction of sp³-hybridized carbons (Fsp3) is 0.286. The number of hydrogen-bond donors (Lipinski definition) is 2. The molecule has 4 nitrogen and oxygen atoms in total. The van der Waals surface area contributed by atoms with Crippen LogP contribution in [0.1, 0.15) is 18.1 Å². The van der Waals surface area contributed by atoms with Crippen molar-refractivity contribution in [3.63, 3.8) is 0 Å². The molecule has 2 N–H and O–H groups in total. The van der Waals surface area contributed by atoms with Crippen LogP contribution in [0.2, 0.25) is 0 Å². The monoisotopic (exact) mass is 242 g/mol. The van der Waals surface area contributed by atoms with Crippen LogP contribution < -0.4 is 10.6 Å². The zero-order chi connectivity index (χ0) is 13.0. The van der Waals surface area contributed by atoms with Crippen molar-refractivity contribution in [2.24, 2.45) is 0 Å². The number of benzene rings is 1. The lowest BCUT2D eigenvalue weighted by Crippen LogP contribution is -2.05. The largest absolute Gasteiger partial charge is 0.354 e. The number of para-hydroxylation sites is 1. The highest BCUT2D eigenvalue weighted by molar-refractivity contribution is 5.63. The SMILES string of the molecule is CCNc1ncc(C)c(Nc2ccccc2C)n1. The highest BCUT2D eigenvalue weighted by Gasteiger charge is 2.05. The Morgan fingerprint density at radius 2 is 1.89 bits per heavy atom. The Bertz CT molecular complexity index is 537. The topological polar surface area (TPSA) is 49.8 Å². The van der Waals surface area contributed by atoms with Gasteiger partial charge in [-0.05, 0) is 32.4 Å². The molecule has 0 saturated heterocycles. The van der Waals surface area contributed by atoms with E-state index in [0.29, 0.717) is 5.95 Å². The van der Waals surface area contributed by atoms with Gasteiger partial charge >= 0.3 is 0 Å². The summed E-state index contributed by atoms with van der Waals surface area (Å²) < 4.78 is 0. The Morgan fingerprint density at radius 1 is 1.11 bits per heavy atom. The first-order chi connectivity index (χ1) is 8.70. The zero-order valence-electron chi connectivity index (χ0n) is 11.0. The summed E-state index contributed by atoms with van der Waals surface area (Å²) in [6, 6.07) is 8.16.